The maximum Gasteiger partial charge on any atom is 0.220 e. The zero-order valence-electron chi connectivity index (χ0n) is 14.7. The molecule has 0 aliphatic carbocycles. The topological polar surface area (TPSA) is 59.0 Å². The molecular weight excluding hydrogens is 300 g/mol. The van der Waals surface area contributed by atoms with Crippen molar-refractivity contribution in [3.63, 3.8) is 0 Å². The molecule has 5 heteroatoms. The maximum absolute atomic E-state index is 12.0. The molecule has 1 aromatic heterocycles. The van der Waals surface area contributed by atoms with E-state index in [-0.39, 0.29) is 5.91 Å². The Bertz CT molecular complexity index is 686. The lowest BCUT2D eigenvalue weighted by Gasteiger charge is -2.13. The third-order valence-electron chi connectivity index (χ3n) is 4.80. The molecule has 1 aliphatic heterocycles. The molecule has 2 aromatic rings. The first-order valence-electron chi connectivity index (χ1n) is 9.08. The van der Waals surface area contributed by atoms with Gasteiger partial charge in [0.2, 0.25) is 5.91 Å². The Hall–Kier alpha value is -1.88. The Kier molecular flexibility index (Phi) is 5.51. The Balaban J connectivity index is 1.53. The average Bonchev–Trinajstić information content (AvgIpc) is 3.20. The van der Waals surface area contributed by atoms with Crippen LogP contribution < -0.4 is 10.6 Å². The summed E-state index contributed by atoms with van der Waals surface area (Å²) in [6.07, 6.45) is 3.59. The fourth-order valence-electron chi connectivity index (χ4n) is 3.55. The quantitative estimate of drug-likeness (QED) is 0.821. The first kappa shape index (κ1) is 17.0. The Morgan fingerprint density at radius 2 is 2.25 bits per heavy atom. The van der Waals surface area contributed by atoms with Gasteiger partial charge >= 0.3 is 0 Å². The summed E-state index contributed by atoms with van der Waals surface area (Å²) in [5.74, 6) is 1.88. The average molecular weight is 328 g/mol. The zero-order chi connectivity index (χ0) is 16.9. The van der Waals surface area contributed by atoms with Gasteiger partial charge in [-0.15, -0.1) is 0 Å². The Morgan fingerprint density at radius 3 is 3.00 bits per heavy atom. The molecule has 2 N–H and O–H groups in total. The number of nitrogens with one attached hydrogen (secondary N) is 2. The van der Waals surface area contributed by atoms with Gasteiger partial charge in [-0.1, -0.05) is 12.1 Å². The van der Waals surface area contributed by atoms with E-state index < -0.39 is 0 Å². The highest BCUT2D eigenvalue weighted by Crippen LogP contribution is 2.21. The number of amides is 1. The number of rotatable bonds is 7. The molecule has 3 rings (SSSR count). The van der Waals surface area contributed by atoms with Gasteiger partial charge in [0.25, 0.3) is 0 Å². The number of carbonyl (C=O) groups excluding carboxylic acids is 1. The number of aromatic nitrogens is 2. The van der Waals surface area contributed by atoms with Gasteiger partial charge in [0.15, 0.2) is 0 Å². The molecule has 1 saturated heterocycles. The van der Waals surface area contributed by atoms with E-state index in [1.807, 2.05) is 18.2 Å². The largest absolute Gasteiger partial charge is 0.356 e. The maximum atomic E-state index is 12.0. The van der Waals surface area contributed by atoms with Crippen LogP contribution in [0.5, 0.6) is 0 Å². The molecule has 0 radical (unpaired) electrons. The van der Waals surface area contributed by atoms with Crippen molar-refractivity contribution < 1.29 is 4.79 Å². The standard InChI is InChI=1S/C19H28N4O/c1-14(2)23-17-6-4-3-5-16(17)22-18(23)10-12-21-19(24)8-7-15-9-11-20-13-15/h3-6,14-15,20H,7-13H2,1-2H3,(H,21,24). The molecule has 1 atom stereocenters. The summed E-state index contributed by atoms with van der Waals surface area (Å²) in [6, 6.07) is 8.58. The van der Waals surface area contributed by atoms with E-state index in [2.05, 4.69) is 35.1 Å². The van der Waals surface area contributed by atoms with E-state index in [4.69, 9.17) is 4.98 Å². The molecule has 0 spiro atoms. The second kappa shape index (κ2) is 7.79. The van der Waals surface area contributed by atoms with Crippen LogP contribution >= 0.6 is 0 Å². The van der Waals surface area contributed by atoms with Crippen LogP contribution in [0.4, 0.5) is 0 Å². The summed E-state index contributed by atoms with van der Waals surface area (Å²) >= 11 is 0. The molecule has 130 valence electrons. The number of carbonyl (C=O) groups is 1. The van der Waals surface area contributed by atoms with E-state index >= 15 is 0 Å². The minimum Gasteiger partial charge on any atom is -0.356 e. The fourth-order valence-corrected chi connectivity index (χ4v) is 3.55. The number of imidazole rings is 1. The number of fused-ring (bicyclic) bond motifs is 1. The molecular formula is C19H28N4O. The monoisotopic (exact) mass is 328 g/mol. The van der Waals surface area contributed by atoms with Crippen LogP contribution in [0.15, 0.2) is 24.3 Å². The first-order chi connectivity index (χ1) is 11.6. The molecule has 5 nitrogen and oxygen atoms in total. The van der Waals surface area contributed by atoms with Gasteiger partial charge in [-0.05, 0) is 57.8 Å². The third-order valence-corrected chi connectivity index (χ3v) is 4.80. The van der Waals surface area contributed by atoms with Crippen LogP contribution in [0.25, 0.3) is 11.0 Å². The van der Waals surface area contributed by atoms with Gasteiger partial charge in [0.1, 0.15) is 5.82 Å². The lowest BCUT2D eigenvalue weighted by molar-refractivity contribution is -0.121. The molecule has 1 fully saturated rings. The third kappa shape index (κ3) is 3.96. The highest BCUT2D eigenvalue weighted by molar-refractivity contribution is 5.76. The van der Waals surface area contributed by atoms with Gasteiger partial charge in [-0.25, -0.2) is 4.98 Å². The lowest BCUT2D eigenvalue weighted by atomic mass is 10.0. The number of benzene rings is 1. The van der Waals surface area contributed by atoms with E-state index in [1.54, 1.807) is 0 Å². The highest BCUT2D eigenvalue weighted by Gasteiger charge is 2.16. The molecule has 1 unspecified atom stereocenters. The summed E-state index contributed by atoms with van der Waals surface area (Å²) in [5.41, 5.74) is 2.20. The van der Waals surface area contributed by atoms with E-state index in [1.165, 1.54) is 11.9 Å². The van der Waals surface area contributed by atoms with Crippen LogP contribution in [-0.2, 0) is 11.2 Å². The van der Waals surface area contributed by atoms with Gasteiger partial charge in [0, 0.05) is 25.4 Å². The van der Waals surface area contributed by atoms with Crippen molar-refractivity contribution in [3.8, 4) is 0 Å². The lowest BCUT2D eigenvalue weighted by Crippen LogP contribution is -2.27. The van der Waals surface area contributed by atoms with Crippen molar-refractivity contribution in [1.82, 2.24) is 20.2 Å². The Labute approximate surface area is 143 Å². The van der Waals surface area contributed by atoms with Gasteiger partial charge in [-0.2, -0.15) is 0 Å². The van der Waals surface area contributed by atoms with Crippen LogP contribution in [-0.4, -0.2) is 35.1 Å². The van der Waals surface area contributed by atoms with Crippen LogP contribution in [0.3, 0.4) is 0 Å². The minimum atomic E-state index is 0.161. The molecule has 0 bridgehead atoms. The van der Waals surface area contributed by atoms with Gasteiger partial charge in [0.05, 0.1) is 11.0 Å². The smallest absolute Gasteiger partial charge is 0.220 e. The summed E-state index contributed by atoms with van der Waals surface area (Å²) in [7, 11) is 0. The number of hydrogen-bond donors (Lipinski definition) is 2. The second-order valence-corrected chi connectivity index (χ2v) is 6.98. The molecule has 0 saturated carbocycles. The van der Waals surface area contributed by atoms with Crippen molar-refractivity contribution in [2.24, 2.45) is 5.92 Å². The van der Waals surface area contributed by atoms with Crippen molar-refractivity contribution in [2.75, 3.05) is 19.6 Å². The highest BCUT2D eigenvalue weighted by atomic mass is 16.1. The van der Waals surface area contributed by atoms with Gasteiger partial charge < -0.3 is 15.2 Å². The zero-order valence-corrected chi connectivity index (χ0v) is 14.7. The predicted octanol–water partition coefficient (Wildman–Crippen LogP) is 2.67. The molecule has 24 heavy (non-hydrogen) atoms. The normalized spacial score (nSPS) is 17.7. The van der Waals surface area contributed by atoms with Crippen molar-refractivity contribution >= 4 is 16.9 Å². The summed E-state index contributed by atoms with van der Waals surface area (Å²) in [6.45, 7) is 7.15. The molecule has 1 aromatic carbocycles. The molecule has 2 heterocycles. The predicted molar refractivity (Wildman–Crippen MR) is 97.0 cm³/mol. The molecule has 1 aliphatic rings. The van der Waals surface area contributed by atoms with Crippen molar-refractivity contribution in [1.29, 1.82) is 0 Å². The number of para-hydroxylation sites is 2. The number of nitrogens with zero attached hydrogens (tertiary/aromatic N) is 2. The van der Waals surface area contributed by atoms with Crippen molar-refractivity contribution in [2.45, 2.75) is 45.6 Å². The van der Waals surface area contributed by atoms with E-state index in [0.717, 1.165) is 37.3 Å². The van der Waals surface area contributed by atoms with E-state index in [0.29, 0.717) is 24.9 Å². The Morgan fingerprint density at radius 1 is 1.42 bits per heavy atom. The first-order valence-corrected chi connectivity index (χ1v) is 9.08. The van der Waals surface area contributed by atoms with Crippen LogP contribution in [0.1, 0.15) is 45.0 Å². The summed E-state index contributed by atoms with van der Waals surface area (Å²) in [4.78, 5) is 16.8. The number of hydrogen-bond acceptors (Lipinski definition) is 3. The van der Waals surface area contributed by atoms with Crippen LogP contribution in [0.2, 0.25) is 0 Å². The SMILES string of the molecule is CC(C)n1c(CCNC(=O)CCC2CCNC2)nc2ccccc21. The van der Waals surface area contributed by atoms with Crippen molar-refractivity contribution in [3.05, 3.63) is 30.1 Å². The minimum absolute atomic E-state index is 0.161. The summed E-state index contributed by atoms with van der Waals surface area (Å²) in [5, 5.41) is 6.40. The summed E-state index contributed by atoms with van der Waals surface area (Å²) < 4.78 is 2.27. The van der Waals surface area contributed by atoms with E-state index in [9.17, 15) is 4.79 Å². The van der Waals surface area contributed by atoms with Gasteiger partial charge in [-0.3, -0.25) is 4.79 Å². The second-order valence-electron chi connectivity index (χ2n) is 6.98. The fraction of sp³-hybridized carbons (Fsp3) is 0.579. The molecule has 1 amide bonds. The van der Waals surface area contributed by atoms with Crippen LogP contribution in [0, 0.1) is 5.92 Å².